The molecule has 53 heavy (non-hydrogen) atoms. The molecule has 0 aromatic heterocycles. The fraction of sp³-hybridized carbons (Fsp3) is 0.650. The molecule has 4 aliphatic carbocycles. The predicted molar refractivity (Wildman–Crippen MR) is 202 cm³/mol. The molecule has 2 aromatic carbocycles. The first kappa shape index (κ1) is 42.9. The summed E-state index contributed by atoms with van der Waals surface area (Å²) in [4.78, 5) is 24.0. The van der Waals surface area contributed by atoms with Crippen LogP contribution < -0.4 is 0 Å². The van der Waals surface area contributed by atoms with Gasteiger partial charge in [0.1, 0.15) is 0 Å². The highest BCUT2D eigenvalue weighted by molar-refractivity contribution is 7.86. The zero-order valence-electron chi connectivity index (χ0n) is 32.2. The van der Waals surface area contributed by atoms with Crippen molar-refractivity contribution < 1.29 is 51.2 Å². The van der Waals surface area contributed by atoms with Crippen LogP contribution in [0.5, 0.6) is 0 Å². The third-order valence-electron chi connectivity index (χ3n) is 13.7. The molecule has 0 bridgehead atoms. The maximum atomic E-state index is 12.0. The van der Waals surface area contributed by atoms with Crippen LogP contribution in [-0.2, 0) is 53.5 Å². The van der Waals surface area contributed by atoms with E-state index in [-0.39, 0.29) is 38.9 Å². The molecule has 0 amide bonds. The highest BCUT2D eigenvalue weighted by atomic mass is 32.2. The first-order chi connectivity index (χ1) is 23.8. The van der Waals surface area contributed by atoms with Crippen molar-refractivity contribution in [2.24, 2.45) is 22.7 Å². The van der Waals surface area contributed by atoms with Gasteiger partial charge in [-0.25, -0.2) is 0 Å². The van der Waals surface area contributed by atoms with Crippen LogP contribution in [0.15, 0.2) is 34.1 Å². The van der Waals surface area contributed by atoms with Crippen molar-refractivity contribution >= 4 is 32.2 Å². The van der Waals surface area contributed by atoms with Crippen molar-refractivity contribution in [1.82, 2.24) is 0 Å². The van der Waals surface area contributed by atoms with E-state index in [1.807, 2.05) is 53.7 Å². The molecule has 4 aliphatic rings. The lowest BCUT2D eigenvalue weighted by molar-refractivity contribution is -0.158. The van der Waals surface area contributed by atoms with Crippen molar-refractivity contribution in [3.63, 3.8) is 0 Å². The lowest BCUT2D eigenvalue weighted by Crippen LogP contribution is -2.52. The molecule has 6 rings (SSSR count). The van der Waals surface area contributed by atoms with Crippen LogP contribution in [0, 0.1) is 22.7 Å². The molecule has 11 nitrogen and oxygen atoms in total. The smallest absolute Gasteiger partial charge is 0.309 e. The number of aliphatic carboxylic acids is 2. The number of hydrogen-bond acceptors (Lipinski definition) is 6. The molecule has 2 saturated carbocycles. The second kappa shape index (κ2) is 14.3. The van der Waals surface area contributed by atoms with E-state index in [1.165, 1.54) is 0 Å². The SMILES string of the molecule is CC(C)c1cc2c(cc1S(=O)(=O)O)C1(C)CCCC(C)(C(=O)O)C1CC2.CC(C)c1cc2c(cc1S(=O)(=O)O)C1(C)CCCC(C)(C(=O)O)C1CC2.O. The summed E-state index contributed by atoms with van der Waals surface area (Å²) in [5.41, 5.74) is 2.84. The second-order valence-electron chi connectivity index (χ2n) is 17.5. The van der Waals surface area contributed by atoms with Crippen LogP contribution in [0.25, 0.3) is 0 Å². The van der Waals surface area contributed by atoms with E-state index in [1.54, 1.807) is 12.1 Å². The van der Waals surface area contributed by atoms with E-state index in [2.05, 4.69) is 13.8 Å². The fourth-order valence-electron chi connectivity index (χ4n) is 10.9. The van der Waals surface area contributed by atoms with Gasteiger partial charge in [0.05, 0.1) is 20.6 Å². The topological polar surface area (TPSA) is 215 Å². The first-order valence-corrected chi connectivity index (χ1v) is 21.5. The zero-order valence-corrected chi connectivity index (χ0v) is 33.9. The third-order valence-corrected chi connectivity index (χ3v) is 15.6. The molecule has 0 saturated heterocycles. The van der Waals surface area contributed by atoms with Crippen LogP contribution in [0.1, 0.15) is 152 Å². The van der Waals surface area contributed by atoms with Crippen molar-refractivity contribution in [2.45, 2.75) is 152 Å². The lowest BCUT2D eigenvalue weighted by Gasteiger charge is -2.53. The van der Waals surface area contributed by atoms with E-state index in [4.69, 9.17) is 0 Å². The highest BCUT2D eigenvalue weighted by Crippen LogP contribution is 2.59. The van der Waals surface area contributed by atoms with E-state index >= 15 is 0 Å². The number of aryl methyl sites for hydroxylation is 2. The largest absolute Gasteiger partial charge is 0.481 e. The third kappa shape index (κ3) is 7.21. The van der Waals surface area contributed by atoms with Crippen LogP contribution >= 0.6 is 0 Å². The Balaban J connectivity index is 0.000000232. The maximum absolute atomic E-state index is 12.0. The predicted octanol–water partition coefficient (Wildman–Crippen LogP) is 7.48. The standard InChI is InChI=1S/2C20H28O5S.H2O/c2*1-12(2)14-10-13-6-7-17-19(3,8-5-9-20(17,4)18(21)22)15(13)11-16(14)26(23,24)25;/h2*10-12,17H,5-9H2,1-4H3,(H,21,22)(H,23,24,25);1H2. The molecule has 2 aromatic rings. The average molecular weight is 779 g/mol. The van der Waals surface area contributed by atoms with Crippen molar-refractivity contribution in [1.29, 1.82) is 0 Å². The number of carbonyl (C=O) groups is 2. The average Bonchev–Trinajstić information content (AvgIpc) is 3.02. The summed E-state index contributed by atoms with van der Waals surface area (Å²) in [5.74, 6) is -1.70. The number of fused-ring (bicyclic) bond motifs is 6. The minimum Gasteiger partial charge on any atom is -0.481 e. The number of hydrogen-bond donors (Lipinski definition) is 4. The van der Waals surface area contributed by atoms with Gasteiger partial charge in [0, 0.05) is 0 Å². The quantitative estimate of drug-likeness (QED) is 0.212. The number of benzene rings is 2. The summed E-state index contributed by atoms with van der Waals surface area (Å²) in [6.07, 6.45) is 7.60. The Bertz CT molecular complexity index is 1860. The number of carboxylic acid groups (broad SMARTS) is 2. The summed E-state index contributed by atoms with van der Waals surface area (Å²) in [5, 5.41) is 19.7. The van der Waals surface area contributed by atoms with Crippen LogP contribution in [0.2, 0.25) is 0 Å². The Hall–Kier alpha value is -2.84. The summed E-state index contributed by atoms with van der Waals surface area (Å²) in [7, 11) is -8.68. The summed E-state index contributed by atoms with van der Waals surface area (Å²) >= 11 is 0. The molecule has 0 radical (unpaired) electrons. The lowest BCUT2D eigenvalue weighted by atomic mass is 9.50. The van der Waals surface area contributed by atoms with E-state index < -0.39 is 53.8 Å². The van der Waals surface area contributed by atoms with Gasteiger partial charge in [-0.05, 0) is 145 Å². The monoisotopic (exact) mass is 778 g/mol. The van der Waals surface area contributed by atoms with Gasteiger partial charge < -0.3 is 15.7 Å². The Morgan fingerprint density at radius 2 is 0.943 bits per heavy atom. The van der Waals surface area contributed by atoms with E-state index in [0.717, 1.165) is 73.6 Å². The highest BCUT2D eigenvalue weighted by Gasteiger charge is 2.57. The summed E-state index contributed by atoms with van der Waals surface area (Å²) in [6.45, 7) is 15.4. The molecule has 2 fully saturated rings. The Labute approximate surface area is 314 Å². The molecule has 296 valence electrons. The zero-order chi connectivity index (χ0) is 39.0. The van der Waals surface area contributed by atoms with Gasteiger partial charge in [0.25, 0.3) is 20.2 Å². The van der Waals surface area contributed by atoms with Crippen LogP contribution in [0.3, 0.4) is 0 Å². The second-order valence-corrected chi connectivity index (χ2v) is 20.3. The van der Waals surface area contributed by atoms with Gasteiger partial charge in [-0.1, -0.05) is 66.5 Å². The number of carboxylic acids is 2. The maximum Gasteiger partial charge on any atom is 0.309 e. The van der Waals surface area contributed by atoms with Crippen molar-refractivity contribution in [2.75, 3.05) is 0 Å². The Kier molecular flexibility index (Phi) is 11.6. The molecule has 13 heteroatoms. The molecule has 0 heterocycles. The van der Waals surface area contributed by atoms with Gasteiger partial charge in [-0.2, -0.15) is 16.8 Å². The Morgan fingerprint density at radius 1 is 0.623 bits per heavy atom. The van der Waals surface area contributed by atoms with Gasteiger partial charge in [0.2, 0.25) is 0 Å². The minimum atomic E-state index is -4.34. The van der Waals surface area contributed by atoms with Gasteiger partial charge >= 0.3 is 11.9 Å². The van der Waals surface area contributed by atoms with Gasteiger partial charge in [-0.3, -0.25) is 18.7 Å². The van der Waals surface area contributed by atoms with Gasteiger partial charge in [-0.15, -0.1) is 0 Å². The minimum absolute atomic E-state index is 0. The number of rotatable bonds is 6. The molecule has 6 N–H and O–H groups in total. The molecular weight excluding hydrogens is 721 g/mol. The molecular formula is C40H58O11S2. The molecule has 0 aliphatic heterocycles. The summed E-state index contributed by atoms with van der Waals surface area (Å²) < 4.78 is 67.6. The van der Waals surface area contributed by atoms with E-state index in [0.29, 0.717) is 24.0 Å². The van der Waals surface area contributed by atoms with Crippen molar-refractivity contribution in [3.05, 3.63) is 57.6 Å². The van der Waals surface area contributed by atoms with Crippen LogP contribution in [-0.4, -0.2) is 53.6 Å². The van der Waals surface area contributed by atoms with Gasteiger partial charge in [0.15, 0.2) is 0 Å². The Morgan fingerprint density at radius 3 is 1.21 bits per heavy atom. The molecule has 0 spiro atoms. The molecule has 6 atom stereocenters. The first-order valence-electron chi connectivity index (χ1n) is 18.6. The fourth-order valence-corrected chi connectivity index (χ4v) is 12.6. The normalized spacial score (nSPS) is 30.8. The van der Waals surface area contributed by atoms with E-state index in [9.17, 15) is 45.7 Å². The molecule has 6 unspecified atom stereocenters. The van der Waals surface area contributed by atoms with Crippen molar-refractivity contribution in [3.8, 4) is 0 Å². The van der Waals surface area contributed by atoms with Crippen LogP contribution in [0.4, 0.5) is 0 Å². The summed E-state index contributed by atoms with van der Waals surface area (Å²) in [6, 6.07) is 7.08.